The summed E-state index contributed by atoms with van der Waals surface area (Å²) in [6.45, 7) is 3.34. The molecule has 3 aromatic rings. The van der Waals surface area contributed by atoms with E-state index in [1.54, 1.807) is 21.8 Å². The molecule has 0 N–H and O–H groups in total. The van der Waals surface area contributed by atoms with Crippen LogP contribution in [0.5, 0.6) is 5.75 Å². The summed E-state index contributed by atoms with van der Waals surface area (Å²) in [6.07, 6.45) is 4.90. The first-order valence-corrected chi connectivity index (χ1v) is 14.7. The number of unbranched alkanes of at least 4 members (excludes halogenated alkanes) is 3. The average Bonchev–Trinajstić information content (AvgIpc) is 3.13. The van der Waals surface area contributed by atoms with Crippen LogP contribution in [-0.4, -0.2) is 48.0 Å². The van der Waals surface area contributed by atoms with Gasteiger partial charge in [-0.2, -0.15) is 0 Å². The largest absolute Gasteiger partial charge is 0.487 e. The van der Waals surface area contributed by atoms with Crippen molar-refractivity contribution in [2.75, 3.05) is 31.4 Å². The van der Waals surface area contributed by atoms with Crippen LogP contribution in [0.2, 0.25) is 0 Å². The number of carbonyl (C=O) groups excluding carboxylic acids is 1. The van der Waals surface area contributed by atoms with E-state index in [9.17, 15) is 14.0 Å². The lowest BCUT2D eigenvalue weighted by Crippen LogP contribution is -2.66. The Morgan fingerprint density at radius 1 is 1.05 bits per heavy atom. The molecule has 0 spiro atoms. The highest BCUT2D eigenvalue weighted by Gasteiger charge is 2.46. The fourth-order valence-corrected chi connectivity index (χ4v) is 6.93. The fourth-order valence-electron chi connectivity index (χ4n) is 5.81. The van der Waals surface area contributed by atoms with Gasteiger partial charge in [0.05, 0.1) is 25.9 Å². The molecule has 10 heteroatoms. The predicted octanol–water partition coefficient (Wildman–Crippen LogP) is 5.23. The number of halogens is 2. The van der Waals surface area contributed by atoms with Crippen molar-refractivity contribution >= 4 is 17.7 Å². The summed E-state index contributed by atoms with van der Waals surface area (Å²) in [4.78, 5) is 29.6. The average molecular weight is 568 g/mol. The Morgan fingerprint density at radius 2 is 1.90 bits per heavy atom. The quantitative estimate of drug-likeness (QED) is 0.365. The third kappa shape index (κ3) is 4.56. The number of ether oxygens (including phenoxy) is 2. The smallest absolute Gasteiger partial charge is 0.278 e. The molecule has 210 valence electrons. The maximum atomic E-state index is 15.3. The van der Waals surface area contributed by atoms with E-state index in [-0.39, 0.29) is 40.7 Å². The fraction of sp³-hybridized carbons (Fsp3) is 0.400. The summed E-state index contributed by atoms with van der Waals surface area (Å²) < 4.78 is 43.3. The van der Waals surface area contributed by atoms with Gasteiger partial charge in [-0.25, -0.2) is 8.78 Å². The van der Waals surface area contributed by atoms with Crippen molar-refractivity contribution in [1.29, 1.82) is 0 Å². The lowest BCUT2D eigenvalue weighted by atomic mass is 9.93. The Balaban J connectivity index is 1.55. The summed E-state index contributed by atoms with van der Waals surface area (Å²) >= 11 is 1.45. The Bertz CT molecular complexity index is 1500. The number of hydrogen-bond acceptors (Lipinski definition) is 6. The highest BCUT2D eigenvalue weighted by atomic mass is 32.2. The van der Waals surface area contributed by atoms with E-state index >= 15 is 4.39 Å². The van der Waals surface area contributed by atoms with Gasteiger partial charge in [0.15, 0.2) is 23.1 Å². The lowest BCUT2D eigenvalue weighted by Gasteiger charge is -2.51. The highest BCUT2D eigenvalue weighted by molar-refractivity contribution is 7.98. The zero-order valence-corrected chi connectivity index (χ0v) is 23.1. The monoisotopic (exact) mass is 567 g/mol. The van der Waals surface area contributed by atoms with Gasteiger partial charge in [-0.1, -0.05) is 50.5 Å². The van der Waals surface area contributed by atoms with Crippen LogP contribution in [0.15, 0.2) is 58.4 Å². The van der Waals surface area contributed by atoms with E-state index in [0.717, 1.165) is 42.2 Å². The molecule has 7 nitrogen and oxygen atoms in total. The molecule has 3 aliphatic rings. The zero-order chi connectivity index (χ0) is 27.8. The first-order valence-electron chi connectivity index (χ1n) is 13.8. The number of nitrogens with zero attached hydrogens (tertiary/aromatic N) is 3. The molecule has 6 rings (SSSR count). The second-order valence-electron chi connectivity index (χ2n) is 10.2. The number of amides is 1. The van der Waals surface area contributed by atoms with Crippen molar-refractivity contribution in [2.24, 2.45) is 0 Å². The second-order valence-corrected chi connectivity index (χ2v) is 11.2. The molecule has 3 aliphatic heterocycles. The van der Waals surface area contributed by atoms with Crippen molar-refractivity contribution in [3.05, 3.63) is 92.9 Å². The van der Waals surface area contributed by atoms with Crippen molar-refractivity contribution in [2.45, 2.75) is 55.5 Å². The van der Waals surface area contributed by atoms with E-state index in [1.165, 1.54) is 17.8 Å². The van der Waals surface area contributed by atoms with E-state index in [0.29, 0.717) is 25.3 Å². The molecule has 1 aromatic heterocycles. The van der Waals surface area contributed by atoms with E-state index < -0.39 is 23.8 Å². The SMILES string of the molecule is CCCCCCOc1c2n(ccc1=O)N([C@@H]1c3ccccc3SCc3c1ccc(F)c3F)C1COCCN1C2=O. The van der Waals surface area contributed by atoms with Crippen LogP contribution in [0.25, 0.3) is 0 Å². The first kappa shape index (κ1) is 26.8. The number of hydrogen-bond donors (Lipinski definition) is 0. The molecule has 1 amide bonds. The molecule has 1 fully saturated rings. The van der Waals surface area contributed by atoms with Crippen LogP contribution in [0.3, 0.4) is 0 Å². The van der Waals surface area contributed by atoms with Gasteiger partial charge >= 0.3 is 0 Å². The summed E-state index contributed by atoms with van der Waals surface area (Å²) in [6, 6.07) is 11.3. The summed E-state index contributed by atoms with van der Waals surface area (Å²) in [5, 5.41) is 1.96. The van der Waals surface area contributed by atoms with Crippen molar-refractivity contribution in [3.63, 3.8) is 0 Å². The van der Waals surface area contributed by atoms with Crippen LogP contribution >= 0.6 is 11.8 Å². The van der Waals surface area contributed by atoms with Gasteiger partial charge in [0.2, 0.25) is 5.43 Å². The maximum absolute atomic E-state index is 15.3. The van der Waals surface area contributed by atoms with Crippen LogP contribution < -0.4 is 15.2 Å². The van der Waals surface area contributed by atoms with Crippen LogP contribution in [0.4, 0.5) is 8.78 Å². The highest BCUT2D eigenvalue weighted by Crippen LogP contribution is 2.45. The normalized spacial score (nSPS) is 19.8. The topological polar surface area (TPSA) is 64.0 Å². The molecule has 1 unspecified atom stereocenters. The Morgan fingerprint density at radius 3 is 2.75 bits per heavy atom. The number of aromatic nitrogens is 1. The van der Waals surface area contributed by atoms with Crippen LogP contribution in [0, 0.1) is 11.6 Å². The van der Waals surface area contributed by atoms with Gasteiger partial charge in [0.1, 0.15) is 6.17 Å². The van der Waals surface area contributed by atoms with Gasteiger partial charge in [-0.15, -0.1) is 11.8 Å². The van der Waals surface area contributed by atoms with Crippen LogP contribution in [-0.2, 0) is 10.5 Å². The zero-order valence-electron chi connectivity index (χ0n) is 22.3. The molecule has 4 heterocycles. The Kier molecular flexibility index (Phi) is 7.55. The molecule has 0 saturated carbocycles. The Labute approximate surface area is 235 Å². The van der Waals surface area contributed by atoms with Crippen LogP contribution in [0.1, 0.15) is 65.8 Å². The molecule has 0 aliphatic carbocycles. The molecule has 40 heavy (non-hydrogen) atoms. The number of pyridine rings is 1. The van der Waals surface area contributed by atoms with Gasteiger partial charge in [0, 0.05) is 35.0 Å². The second kappa shape index (κ2) is 11.2. The van der Waals surface area contributed by atoms with Crippen molar-refractivity contribution in [3.8, 4) is 5.75 Å². The molecule has 1 saturated heterocycles. The van der Waals surface area contributed by atoms with Crippen molar-refractivity contribution < 1.29 is 23.0 Å². The number of thioether (sulfide) groups is 1. The molecule has 0 radical (unpaired) electrons. The molecule has 2 aromatic carbocycles. The summed E-state index contributed by atoms with van der Waals surface area (Å²) in [5.41, 5.74) is 1.54. The summed E-state index contributed by atoms with van der Waals surface area (Å²) in [5.74, 6) is -1.81. The van der Waals surface area contributed by atoms with Gasteiger partial charge < -0.3 is 14.4 Å². The first-order chi connectivity index (χ1) is 19.5. The van der Waals surface area contributed by atoms with E-state index in [1.807, 2.05) is 29.3 Å². The van der Waals surface area contributed by atoms with Gasteiger partial charge in [0.25, 0.3) is 5.91 Å². The summed E-state index contributed by atoms with van der Waals surface area (Å²) in [7, 11) is 0. The molecule has 2 atom stereocenters. The third-order valence-electron chi connectivity index (χ3n) is 7.78. The number of morpholine rings is 1. The van der Waals surface area contributed by atoms with Gasteiger partial charge in [-0.3, -0.25) is 19.3 Å². The Hall–Kier alpha value is -3.37. The lowest BCUT2D eigenvalue weighted by molar-refractivity contribution is -0.0198. The molecular weight excluding hydrogens is 536 g/mol. The standard InChI is InChI=1S/C30H31F2N3O4S/c1-2-3-4-7-15-39-29-23(36)12-13-34-28(29)30(37)33-14-16-38-17-25(33)35(34)27-19-10-11-22(31)26(32)21(19)18-40-24-9-6-5-8-20(24)27/h5-6,8-13,25,27H,2-4,7,14-18H2,1H3/t25?,27-/m0/s1. The molecule has 0 bridgehead atoms. The number of fused-ring (bicyclic) bond motifs is 4. The minimum Gasteiger partial charge on any atom is -0.487 e. The molecular formula is C30H31F2N3O4S. The minimum absolute atomic E-state index is 0.0146. The number of carbonyl (C=O) groups is 1. The third-order valence-corrected chi connectivity index (χ3v) is 8.89. The van der Waals surface area contributed by atoms with E-state index in [2.05, 4.69) is 6.92 Å². The van der Waals surface area contributed by atoms with Crippen molar-refractivity contribution in [1.82, 2.24) is 9.58 Å². The maximum Gasteiger partial charge on any atom is 0.278 e. The minimum atomic E-state index is -0.900. The van der Waals surface area contributed by atoms with E-state index in [4.69, 9.17) is 9.47 Å². The predicted molar refractivity (Wildman–Crippen MR) is 148 cm³/mol. The number of benzene rings is 2. The number of rotatable bonds is 7. The van der Waals surface area contributed by atoms with Gasteiger partial charge in [-0.05, 0) is 29.7 Å².